The molecule has 0 heterocycles. The molecule has 6 nitrogen and oxygen atoms in total. The van der Waals surface area contributed by atoms with E-state index in [2.05, 4.69) is 27.9 Å². The lowest BCUT2D eigenvalue weighted by molar-refractivity contribution is -0.117. The van der Waals surface area contributed by atoms with Crippen LogP contribution in [-0.2, 0) is 14.8 Å². The molecule has 2 amide bonds. The van der Waals surface area contributed by atoms with Gasteiger partial charge in [0.15, 0.2) is 0 Å². The predicted molar refractivity (Wildman–Crippen MR) is 94.6 cm³/mol. The minimum absolute atomic E-state index is 0.0556. The lowest BCUT2D eigenvalue weighted by Gasteiger charge is -2.08. The van der Waals surface area contributed by atoms with Gasteiger partial charge in [0.2, 0.25) is 5.91 Å². The number of anilines is 1. The summed E-state index contributed by atoms with van der Waals surface area (Å²) in [7, 11) is -3.88. The molecule has 0 aliphatic rings. The van der Waals surface area contributed by atoms with Crippen molar-refractivity contribution in [2.75, 3.05) is 5.32 Å². The van der Waals surface area contributed by atoms with E-state index in [1.165, 1.54) is 24.3 Å². The van der Waals surface area contributed by atoms with Gasteiger partial charge < -0.3 is 5.32 Å². The maximum atomic E-state index is 12.1. The molecule has 0 bridgehead atoms. The first kappa shape index (κ1) is 17.4. The molecule has 0 atom stereocenters. The molecule has 23 heavy (non-hydrogen) atoms. The molecule has 0 spiro atoms. The number of nitrogens with one attached hydrogen (secondary N) is 2. The summed E-state index contributed by atoms with van der Waals surface area (Å²) in [4.78, 5) is 22.9. The Morgan fingerprint density at radius 3 is 2.26 bits per heavy atom. The van der Waals surface area contributed by atoms with E-state index >= 15 is 0 Å². The van der Waals surface area contributed by atoms with E-state index in [-0.39, 0.29) is 10.8 Å². The molecule has 2 N–H and O–H groups in total. The third kappa shape index (κ3) is 4.76. The van der Waals surface area contributed by atoms with E-state index in [9.17, 15) is 18.0 Å². The molecule has 0 unspecified atom stereocenters. The third-order valence-corrected chi connectivity index (χ3v) is 4.91. The second kappa shape index (κ2) is 7.09. The number of rotatable bonds is 4. The molecule has 120 valence electrons. The third-order valence-electron chi connectivity index (χ3n) is 2.79. The van der Waals surface area contributed by atoms with E-state index in [4.69, 9.17) is 0 Å². The summed E-state index contributed by atoms with van der Waals surface area (Å²) in [5, 5.41) is 2.68. The van der Waals surface area contributed by atoms with Gasteiger partial charge in [-0.25, -0.2) is 13.1 Å². The first-order chi connectivity index (χ1) is 10.8. The zero-order chi connectivity index (χ0) is 17.0. The van der Waals surface area contributed by atoms with E-state index in [1.54, 1.807) is 18.2 Å². The molecule has 0 fully saturated rings. The zero-order valence-corrected chi connectivity index (χ0v) is 15.0. The van der Waals surface area contributed by atoms with Crippen LogP contribution < -0.4 is 10.0 Å². The quantitative estimate of drug-likeness (QED) is 0.709. The summed E-state index contributed by atoms with van der Waals surface area (Å²) in [6.45, 7) is 1.12. The van der Waals surface area contributed by atoms with Crippen LogP contribution in [0.15, 0.2) is 53.4 Å². The van der Waals surface area contributed by atoms with Crippen LogP contribution in [-0.4, -0.2) is 20.2 Å². The molecule has 2 aromatic carbocycles. The molecule has 0 aliphatic carbocycles. The highest BCUT2D eigenvalue weighted by Crippen LogP contribution is 2.15. The maximum absolute atomic E-state index is 12.1. The highest BCUT2D eigenvalue weighted by molar-refractivity contribution is 14.1. The van der Waals surface area contributed by atoms with Gasteiger partial charge in [-0.1, -0.05) is 6.07 Å². The number of carbonyl (C=O) groups excluding carboxylic acids is 2. The van der Waals surface area contributed by atoms with Gasteiger partial charge >= 0.3 is 0 Å². The summed E-state index contributed by atoms with van der Waals surface area (Å²) in [6, 6.07) is 12.6. The fourth-order valence-electron chi connectivity index (χ4n) is 1.80. The van der Waals surface area contributed by atoms with Crippen LogP contribution in [0.4, 0.5) is 5.69 Å². The van der Waals surface area contributed by atoms with Gasteiger partial charge in [0.1, 0.15) is 0 Å². The minimum Gasteiger partial charge on any atom is -0.322 e. The van der Waals surface area contributed by atoms with Crippen molar-refractivity contribution in [3.63, 3.8) is 0 Å². The van der Waals surface area contributed by atoms with Crippen LogP contribution in [0.1, 0.15) is 17.3 Å². The van der Waals surface area contributed by atoms with Crippen molar-refractivity contribution >= 4 is 50.1 Å². The monoisotopic (exact) mass is 444 g/mol. The number of sulfonamides is 1. The zero-order valence-electron chi connectivity index (χ0n) is 12.0. The van der Waals surface area contributed by atoms with Crippen molar-refractivity contribution in [2.24, 2.45) is 0 Å². The summed E-state index contributed by atoms with van der Waals surface area (Å²) in [6.07, 6.45) is 0. The van der Waals surface area contributed by atoms with Crippen LogP contribution >= 0.6 is 22.6 Å². The van der Waals surface area contributed by atoms with Crippen LogP contribution in [0.5, 0.6) is 0 Å². The van der Waals surface area contributed by atoms with E-state index in [1.807, 2.05) is 10.8 Å². The average molecular weight is 444 g/mol. The predicted octanol–water partition coefficient (Wildman–Crippen LogP) is 2.37. The molecule has 8 heteroatoms. The highest BCUT2D eigenvalue weighted by Gasteiger charge is 2.15. The highest BCUT2D eigenvalue weighted by atomic mass is 127. The molecule has 2 aromatic rings. The van der Waals surface area contributed by atoms with Crippen molar-refractivity contribution < 1.29 is 18.0 Å². The van der Waals surface area contributed by atoms with E-state index in [0.717, 1.165) is 10.5 Å². The Hall–Kier alpha value is -1.94. The molecular formula is C15H13IN2O4S. The van der Waals surface area contributed by atoms with Crippen molar-refractivity contribution in [1.29, 1.82) is 0 Å². The fraction of sp³-hybridized carbons (Fsp3) is 0.0667. The molecule has 2 rings (SSSR count). The molecule has 0 saturated heterocycles. The average Bonchev–Trinajstić information content (AvgIpc) is 2.46. The minimum atomic E-state index is -3.88. The van der Waals surface area contributed by atoms with Crippen LogP contribution in [0.25, 0.3) is 0 Å². The normalized spacial score (nSPS) is 10.9. The summed E-state index contributed by atoms with van der Waals surface area (Å²) in [5.41, 5.74) is 0.961. The topological polar surface area (TPSA) is 92.3 Å². The second-order valence-electron chi connectivity index (χ2n) is 4.65. The number of amides is 2. The Morgan fingerprint density at radius 2 is 1.70 bits per heavy atom. The first-order valence-corrected chi connectivity index (χ1v) is 9.04. The van der Waals surface area contributed by atoms with Crippen LogP contribution in [0.2, 0.25) is 0 Å². The fourth-order valence-corrected chi connectivity index (χ4v) is 3.33. The maximum Gasteiger partial charge on any atom is 0.264 e. The lowest BCUT2D eigenvalue weighted by atomic mass is 10.2. The van der Waals surface area contributed by atoms with Gasteiger partial charge in [0.05, 0.1) is 4.90 Å². The second-order valence-corrected chi connectivity index (χ2v) is 7.58. The summed E-state index contributed by atoms with van der Waals surface area (Å²) >= 11 is 2.11. The SMILES string of the molecule is CC(=O)NS(=O)(=O)c1ccc(NC(=O)c2cccc(I)c2)cc1. The van der Waals surface area contributed by atoms with Gasteiger partial charge in [0.25, 0.3) is 15.9 Å². The summed E-state index contributed by atoms with van der Waals surface area (Å²) in [5.74, 6) is -0.956. The van der Waals surface area contributed by atoms with Gasteiger partial charge in [-0.05, 0) is 65.1 Å². The van der Waals surface area contributed by atoms with Crippen molar-refractivity contribution in [3.8, 4) is 0 Å². The standard InChI is InChI=1S/C15H13IN2O4S/c1-10(19)18-23(21,22)14-7-5-13(6-8-14)17-15(20)11-3-2-4-12(16)9-11/h2-9H,1H3,(H,17,20)(H,18,19). The van der Waals surface area contributed by atoms with Crippen LogP contribution in [0, 0.1) is 3.57 Å². The molecule has 0 radical (unpaired) electrons. The van der Waals surface area contributed by atoms with Gasteiger partial charge in [-0.3, -0.25) is 9.59 Å². The van der Waals surface area contributed by atoms with Crippen LogP contribution in [0.3, 0.4) is 0 Å². The van der Waals surface area contributed by atoms with Gasteiger partial charge in [-0.2, -0.15) is 0 Å². The van der Waals surface area contributed by atoms with Crippen molar-refractivity contribution in [2.45, 2.75) is 11.8 Å². The largest absolute Gasteiger partial charge is 0.322 e. The van der Waals surface area contributed by atoms with Gasteiger partial charge in [0, 0.05) is 21.7 Å². The smallest absolute Gasteiger partial charge is 0.264 e. The molecule has 0 saturated carbocycles. The van der Waals surface area contributed by atoms with E-state index in [0.29, 0.717) is 11.3 Å². The van der Waals surface area contributed by atoms with Crippen molar-refractivity contribution in [1.82, 2.24) is 4.72 Å². The number of hydrogen-bond donors (Lipinski definition) is 2. The lowest BCUT2D eigenvalue weighted by Crippen LogP contribution is -2.28. The Labute approximate surface area is 147 Å². The Bertz CT molecular complexity index is 848. The number of halogens is 1. The molecule has 0 aromatic heterocycles. The first-order valence-electron chi connectivity index (χ1n) is 6.48. The number of hydrogen-bond acceptors (Lipinski definition) is 4. The Balaban J connectivity index is 2.14. The Kier molecular flexibility index (Phi) is 5.37. The Morgan fingerprint density at radius 1 is 1.04 bits per heavy atom. The molecular weight excluding hydrogens is 431 g/mol. The van der Waals surface area contributed by atoms with E-state index < -0.39 is 15.9 Å². The number of benzene rings is 2. The number of carbonyl (C=O) groups is 2. The summed E-state index contributed by atoms with van der Waals surface area (Å²) < 4.78 is 26.4. The van der Waals surface area contributed by atoms with Crippen molar-refractivity contribution in [3.05, 3.63) is 57.7 Å². The van der Waals surface area contributed by atoms with Gasteiger partial charge in [-0.15, -0.1) is 0 Å². The molecule has 0 aliphatic heterocycles.